The molecule has 4 heteroatoms. The zero-order valence-corrected chi connectivity index (χ0v) is 11.6. The Hall–Kier alpha value is -2.23. The molecule has 1 N–H and O–H groups in total. The SMILES string of the molecule is CCC(=C1CCCN=C1c1cccnc1)c1ccn[nH]1. The molecule has 0 saturated heterocycles. The Morgan fingerprint density at radius 3 is 2.95 bits per heavy atom. The second-order valence-electron chi connectivity index (χ2n) is 4.86. The average Bonchev–Trinajstić information content (AvgIpc) is 3.04. The number of hydrogen-bond donors (Lipinski definition) is 1. The Balaban J connectivity index is 2.10. The number of nitrogens with one attached hydrogen (secondary N) is 1. The molecule has 0 fully saturated rings. The maximum Gasteiger partial charge on any atom is 0.0697 e. The summed E-state index contributed by atoms with van der Waals surface area (Å²) in [5, 5.41) is 7.15. The lowest BCUT2D eigenvalue weighted by molar-refractivity contribution is 0.813. The molecule has 0 bridgehead atoms. The van der Waals surface area contributed by atoms with Gasteiger partial charge in [0.05, 0.1) is 11.4 Å². The Morgan fingerprint density at radius 1 is 1.30 bits per heavy atom. The number of aromatic amines is 1. The fourth-order valence-electron chi connectivity index (χ4n) is 2.71. The summed E-state index contributed by atoms with van der Waals surface area (Å²) >= 11 is 0. The van der Waals surface area contributed by atoms with Crippen molar-refractivity contribution < 1.29 is 0 Å². The minimum atomic E-state index is 0.897. The van der Waals surface area contributed by atoms with Gasteiger partial charge in [0.2, 0.25) is 0 Å². The van der Waals surface area contributed by atoms with Crippen LogP contribution in [0.5, 0.6) is 0 Å². The first-order valence-corrected chi connectivity index (χ1v) is 7.07. The van der Waals surface area contributed by atoms with Gasteiger partial charge in [-0.25, -0.2) is 0 Å². The second-order valence-corrected chi connectivity index (χ2v) is 4.86. The molecular formula is C16H18N4. The standard InChI is InChI=1S/C16H18N4/c1-2-13(15-7-10-19-20-15)14-6-4-9-18-16(14)12-5-3-8-17-11-12/h3,5,7-8,10-11H,2,4,6,9H2,1H3,(H,19,20). The van der Waals surface area contributed by atoms with Gasteiger partial charge in [0.25, 0.3) is 0 Å². The van der Waals surface area contributed by atoms with E-state index in [1.165, 1.54) is 11.1 Å². The van der Waals surface area contributed by atoms with Crippen LogP contribution in [0, 0.1) is 0 Å². The molecule has 2 aromatic rings. The fourth-order valence-corrected chi connectivity index (χ4v) is 2.71. The number of nitrogens with zero attached hydrogens (tertiary/aromatic N) is 3. The third-order valence-electron chi connectivity index (χ3n) is 3.62. The van der Waals surface area contributed by atoms with E-state index in [1.54, 1.807) is 12.4 Å². The molecule has 3 rings (SSSR count). The number of aromatic nitrogens is 3. The van der Waals surface area contributed by atoms with Crippen LogP contribution in [-0.4, -0.2) is 27.4 Å². The van der Waals surface area contributed by atoms with Crippen LogP contribution in [0.1, 0.15) is 37.4 Å². The zero-order valence-electron chi connectivity index (χ0n) is 11.6. The molecule has 1 aliphatic heterocycles. The Bertz CT molecular complexity index is 624. The van der Waals surface area contributed by atoms with Crippen LogP contribution in [0.2, 0.25) is 0 Å². The minimum Gasteiger partial charge on any atom is -0.284 e. The summed E-state index contributed by atoms with van der Waals surface area (Å²) in [5.74, 6) is 0. The van der Waals surface area contributed by atoms with Crippen molar-refractivity contribution in [1.29, 1.82) is 0 Å². The summed E-state index contributed by atoms with van der Waals surface area (Å²) in [6.45, 7) is 3.08. The Labute approximate surface area is 118 Å². The van der Waals surface area contributed by atoms with Gasteiger partial charge < -0.3 is 0 Å². The fraction of sp³-hybridized carbons (Fsp3) is 0.312. The molecular weight excluding hydrogens is 248 g/mol. The predicted molar refractivity (Wildman–Crippen MR) is 80.7 cm³/mol. The average molecular weight is 266 g/mol. The quantitative estimate of drug-likeness (QED) is 0.927. The van der Waals surface area contributed by atoms with Gasteiger partial charge in [-0.2, -0.15) is 5.10 Å². The molecule has 3 heterocycles. The summed E-state index contributed by atoms with van der Waals surface area (Å²) in [7, 11) is 0. The molecule has 1 aliphatic rings. The van der Waals surface area contributed by atoms with Crippen molar-refractivity contribution in [2.45, 2.75) is 26.2 Å². The number of pyridine rings is 1. The van der Waals surface area contributed by atoms with Gasteiger partial charge in [-0.1, -0.05) is 6.92 Å². The lowest BCUT2D eigenvalue weighted by Crippen LogP contribution is -2.14. The van der Waals surface area contributed by atoms with E-state index < -0.39 is 0 Å². The van der Waals surface area contributed by atoms with Crippen molar-refractivity contribution in [3.8, 4) is 0 Å². The van der Waals surface area contributed by atoms with Gasteiger partial charge >= 0.3 is 0 Å². The maximum absolute atomic E-state index is 4.74. The molecule has 0 amide bonds. The maximum atomic E-state index is 4.74. The van der Waals surface area contributed by atoms with E-state index in [2.05, 4.69) is 28.2 Å². The van der Waals surface area contributed by atoms with E-state index in [4.69, 9.17) is 4.99 Å². The zero-order chi connectivity index (χ0) is 13.8. The molecule has 0 unspecified atom stereocenters. The molecule has 0 aromatic carbocycles. The summed E-state index contributed by atoms with van der Waals surface area (Å²) in [5.41, 5.74) is 5.94. The first kappa shape index (κ1) is 12.8. The highest BCUT2D eigenvalue weighted by molar-refractivity contribution is 6.16. The van der Waals surface area contributed by atoms with E-state index >= 15 is 0 Å². The molecule has 2 aromatic heterocycles. The van der Waals surface area contributed by atoms with Crippen LogP contribution in [0.3, 0.4) is 0 Å². The number of hydrogen-bond acceptors (Lipinski definition) is 3. The van der Waals surface area contributed by atoms with Crippen molar-refractivity contribution in [2.75, 3.05) is 6.54 Å². The van der Waals surface area contributed by atoms with Crippen molar-refractivity contribution in [1.82, 2.24) is 15.2 Å². The van der Waals surface area contributed by atoms with Gasteiger partial charge in [0, 0.05) is 30.7 Å². The predicted octanol–water partition coefficient (Wildman–Crippen LogP) is 3.25. The number of rotatable bonds is 3. The first-order valence-electron chi connectivity index (χ1n) is 7.07. The Kier molecular flexibility index (Phi) is 3.72. The lowest BCUT2D eigenvalue weighted by atomic mass is 9.90. The van der Waals surface area contributed by atoms with Crippen LogP contribution >= 0.6 is 0 Å². The summed E-state index contributed by atoms with van der Waals surface area (Å²) < 4.78 is 0. The second kappa shape index (κ2) is 5.82. The molecule has 0 atom stereocenters. The number of aliphatic imine (C=N–C) groups is 1. The van der Waals surface area contributed by atoms with E-state index in [0.717, 1.165) is 42.8 Å². The van der Waals surface area contributed by atoms with Crippen molar-refractivity contribution in [2.24, 2.45) is 4.99 Å². The van der Waals surface area contributed by atoms with Crippen molar-refractivity contribution in [3.63, 3.8) is 0 Å². The lowest BCUT2D eigenvalue weighted by Gasteiger charge is -2.20. The van der Waals surface area contributed by atoms with Crippen LogP contribution in [0.15, 0.2) is 47.4 Å². The third-order valence-corrected chi connectivity index (χ3v) is 3.62. The summed E-state index contributed by atoms with van der Waals surface area (Å²) in [4.78, 5) is 8.96. The molecule has 0 aliphatic carbocycles. The summed E-state index contributed by atoms with van der Waals surface area (Å²) in [6.07, 6.45) is 8.63. The Morgan fingerprint density at radius 2 is 2.25 bits per heavy atom. The van der Waals surface area contributed by atoms with Crippen LogP contribution in [0.25, 0.3) is 5.57 Å². The minimum absolute atomic E-state index is 0.897. The van der Waals surface area contributed by atoms with Gasteiger partial charge in [-0.3, -0.25) is 15.1 Å². The highest BCUT2D eigenvalue weighted by atomic mass is 15.1. The molecule has 20 heavy (non-hydrogen) atoms. The molecule has 0 spiro atoms. The summed E-state index contributed by atoms with van der Waals surface area (Å²) in [6, 6.07) is 6.07. The van der Waals surface area contributed by atoms with Crippen LogP contribution < -0.4 is 0 Å². The highest BCUT2D eigenvalue weighted by Crippen LogP contribution is 2.29. The van der Waals surface area contributed by atoms with Gasteiger partial charge in [-0.15, -0.1) is 0 Å². The smallest absolute Gasteiger partial charge is 0.0697 e. The topological polar surface area (TPSA) is 53.9 Å². The molecule has 0 saturated carbocycles. The largest absolute Gasteiger partial charge is 0.284 e. The first-order chi connectivity index (χ1) is 9.90. The van der Waals surface area contributed by atoms with Crippen LogP contribution in [0.4, 0.5) is 0 Å². The van der Waals surface area contributed by atoms with E-state index in [1.807, 2.05) is 18.3 Å². The van der Waals surface area contributed by atoms with E-state index in [0.29, 0.717) is 0 Å². The third kappa shape index (κ3) is 2.41. The number of allylic oxidation sites excluding steroid dienone is 2. The monoisotopic (exact) mass is 266 g/mol. The van der Waals surface area contributed by atoms with Crippen molar-refractivity contribution >= 4 is 11.3 Å². The normalized spacial score (nSPS) is 17.8. The van der Waals surface area contributed by atoms with Crippen molar-refractivity contribution in [3.05, 3.63) is 53.6 Å². The van der Waals surface area contributed by atoms with Crippen LogP contribution in [-0.2, 0) is 0 Å². The van der Waals surface area contributed by atoms with Gasteiger partial charge in [-0.05, 0) is 48.6 Å². The van der Waals surface area contributed by atoms with Gasteiger partial charge in [0.15, 0.2) is 0 Å². The van der Waals surface area contributed by atoms with E-state index in [9.17, 15) is 0 Å². The highest BCUT2D eigenvalue weighted by Gasteiger charge is 2.19. The van der Waals surface area contributed by atoms with Gasteiger partial charge in [0.1, 0.15) is 0 Å². The molecule has 0 radical (unpaired) electrons. The number of H-pyrrole nitrogens is 1. The molecule has 4 nitrogen and oxygen atoms in total. The van der Waals surface area contributed by atoms with E-state index in [-0.39, 0.29) is 0 Å². The molecule has 102 valence electrons.